The Morgan fingerprint density at radius 2 is 1.72 bits per heavy atom. The summed E-state index contributed by atoms with van der Waals surface area (Å²) in [5, 5.41) is 8.29. The van der Waals surface area contributed by atoms with Gasteiger partial charge in [-0.2, -0.15) is 13.2 Å². The van der Waals surface area contributed by atoms with Crippen LogP contribution in [0.5, 0.6) is 0 Å². The Kier molecular flexibility index (Phi) is 6.46. The number of ether oxygens (including phenoxy) is 2. The van der Waals surface area contributed by atoms with Crippen LogP contribution in [0.2, 0.25) is 0 Å². The Morgan fingerprint density at radius 1 is 0.972 bits per heavy atom. The maximum absolute atomic E-state index is 13.6. The van der Waals surface area contributed by atoms with Gasteiger partial charge in [0.2, 0.25) is 5.95 Å². The minimum Gasteiger partial charge on any atom is -0.371 e. The van der Waals surface area contributed by atoms with E-state index in [0.29, 0.717) is 17.2 Å². The summed E-state index contributed by atoms with van der Waals surface area (Å²) >= 11 is 0. The van der Waals surface area contributed by atoms with E-state index in [0.717, 1.165) is 12.1 Å². The molecule has 3 N–H and O–H groups in total. The fourth-order valence-corrected chi connectivity index (χ4v) is 4.26. The highest BCUT2D eigenvalue weighted by Gasteiger charge is 2.48. The Labute approximate surface area is 203 Å². The Balaban J connectivity index is 1.19. The van der Waals surface area contributed by atoms with Crippen LogP contribution in [0.25, 0.3) is 11.3 Å². The SMILES string of the molecule is O=C(Nc1cccc(C(F)(F)F)c1)N[C@H]1CO[C@H]2[C@H]1OC[C@H]2Nc1nccc(-c2cccc(F)c2)n1. The van der Waals surface area contributed by atoms with Crippen LogP contribution in [0, 0.1) is 5.82 Å². The van der Waals surface area contributed by atoms with Crippen molar-refractivity contribution in [3.05, 3.63) is 72.2 Å². The van der Waals surface area contributed by atoms with Gasteiger partial charge in [0, 0.05) is 17.4 Å². The Hall–Kier alpha value is -3.77. The molecule has 36 heavy (non-hydrogen) atoms. The van der Waals surface area contributed by atoms with Crippen molar-refractivity contribution in [3.63, 3.8) is 0 Å². The van der Waals surface area contributed by atoms with Gasteiger partial charge in [0.15, 0.2) is 0 Å². The van der Waals surface area contributed by atoms with E-state index in [2.05, 4.69) is 25.9 Å². The summed E-state index contributed by atoms with van der Waals surface area (Å²) in [4.78, 5) is 21.1. The molecule has 5 rings (SSSR count). The van der Waals surface area contributed by atoms with Crippen molar-refractivity contribution in [2.24, 2.45) is 0 Å². The summed E-state index contributed by atoms with van der Waals surface area (Å²) in [5.41, 5.74) is 0.302. The van der Waals surface area contributed by atoms with Gasteiger partial charge >= 0.3 is 12.2 Å². The van der Waals surface area contributed by atoms with Crippen LogP contribution in [-0.4, -0.2) is 53.5 Å². The number of fused-ring (bicyclic) bond motifs is 1. The molecule has 0 aliphatic carbocycles. The number of carbonyl (C=O) groups is 1. The number of hydrogen-bond donors (Lipinski definition) is 3. The second kappa shape index (κ2) is 9.70. The Morgan fingerprint density at radius 3 is 2.50 bits per heavy atom. The van der Waals surface area contributed by atoms with Crippen molar-refractivity contribution in [3.8, 4) is 11.3 Å². The summed E-state index contributed by atoms with van der Waals surface area (Å²) in [6, 6.07) is 10.6. The molecule has 12 heteroatoms. The van der Waals surface area contributed by atoms with Crippen molar-refractivity contribution in [2.75, 3.05) is 23.8 Å². The third-order valence-corrected chi connectivity index (χ3v) is 5.91. The first-order valence-corrected chi connectivity index (χ1v) is 11.1. The molecule has 188 valence electrons. The van der Waals surface area contributed by atoms with E-state index in [1.807, 2.05) is 0 Å². The van der Waals surface area contributed by atoms with Gasteiger partial charge in [0.1, 0.15) is 18.0 Å². The second-order valence-electron chi connectivity index (χ2n) is 8.41. The normalized spacial score (nSPS) is 23.2. The maximum atomic E-state index is 13.6. The molecule has 0 bridgehead atoms. The second-order valence-corrected chi connectivity index (χ2v) is 8.41. The van der Waals surface area contributed by atoms with Crippen LogP contribution in [0.3, 0.4) is 0 Å². The number of aromatic nitrogens is 2. The monoisotopic (exact) mass is 503 g/mol. The summed E-state index contributed by atoms with van der Waals surface area (Å²) in [7, 11) is 0. The molecule has 2 amide bonds. The topological polar surface area (TPSA) is 97.4 Å². The molecule has 0 saturated carbocycles. The molecule has 2 aromatic carbocycles. The predicted molar refractivity (Wildman–Crippen MR) is 122 cm³/mol. The van der Waals surface area contributed by atoms with Crippen molar-refractivity contribution < 1.29 is 31.8 Å². The largest absolute Gasteiger partial charge is 0.416 e. The van der Waals surface area contributed by atoms with Crippen LogP contribution >= 0.6 is 0 Å². The summed E-state index contributed by atoms with van der Waals surface area (Å²) < 4.78 is 64.0. The lowest BCUT2D eigenvalue weighted by Gasteiger charge is -2.19. The number of nitrogens with zero attached hydrogens (tertiary/aromatic N) is 2. The third-order valence-electron chi connectivity index (χ3n) is 5.91. The van der Waals surface area contributed by atoms with E-state index in [9.17, 15) is 22.4 Å². The third kappa shape index (κ3) is 5.24. The van der Waals surface area contributed by atoms with Gasteiger partial charge in [-0.1, -0.05) is 18.2 Å². The number of carbonyl (C=O) groups excluding carboxylic acids is 1. The molecule has 3 aromatic rings. The fraction of sp³-hybridized carbons (Fsp3) is 0.292. The van der Waals surface area contributed by atoms with E-state index in [1.54, 1.807) is 24.4 Å². The number of urea groups is 1. The van der Waals surface area contributed by atoms with Crippen LogP contribution in [0.4, 0.5) is 34.0 Å². The summed E-state index contributed by atoms with van der Waals surface area (Å²) in [6.45, 7) is 0.421. The summed E-state index contributed by atoms with van der Waals surface area (Å²) in [6.07, 6.45) is -3.84. The van der Waals surface area contributed by atoms with Crippen molar-refractivity contribution in [2.45, 2.75) is 30.5 Å². The maximum Gasteiger partial charge on any atom is 0.416 e. The highest BCUT2D eigenvalue weighted by Crippen LogP contribution is 2.31. The standard InChI is InChI=1S/C24H21F4N5O3/c25-15-5-1-3-13(9-15)17-7-8-29-22(31-17)32-18-11-35-21-19(12-36-20(18)21)33-23(34)30-16-6-2-4-14(10-16)24(26,27)28/h1-10,18-21H,11-12H2,(H,29,31,32)(H2,30,33,34)/t18-,19+,20-,21+/m1/s1. The fourth-order valence-electron chi connectivity index (χ4n) is 4.26. The first-order chi connectivity index (χ1) is 17.3. The molecule has 0 radical (unpaired) electrons. The van der Waals surface area contributed by atoms with E-state index in [-0.39, 0.29) is 30.8 Å². The van der Waals surface area contributed by atoms with Crippen molar-refractivity contribution in [1.82, 2.24) is 15.3 Å². The number of alkyl halides is 3. The van der Waals surface area contributed by atoms with E-state index < -0.39 is 36.0 Å². The van der Waals surface area contributed by atoms with Crippen molar-refractivity contribution >= 4 is 17.7 Å². The predicted octanol–water partition coefficient (Wildman–Crippen LogP) is 4.07. The zero-order chi connectivity index (χ0) is 25.3. The van der Waals surface area contributed by atoms with Gasteiger partial charge in [-0.25, -0.2) is 19.2 Å². The smallest absolute Gasteiger partial charge is 0.371 e. The molecule has 2 aliphatic rings. The average molecular weight is 503 g/mol. The number of rotatable bonds is 5. The number of amides is 2. The molecular formula is C24H21F4N5O3. The van der Waals surface area contributed by atoms with Gasteiger partial charge in [-0.15, -0.1) is 0 Å². The average Bonchev–Trinajstić information content (AvgIpc) is 3.42. The minimum atomic E-state index is -4.51. The number of anilines is 2. The molecule has 2 aliphatic heterocycles. The van der Waals surface area contributed by atoms with E-state index in [4.69, 9.17) is 9.47 Å². The van der Waals surface area contributed by atoms with Crippen LogP contribution in [-0.2, 0) is 15.7 Å². The number of benzene rings is 2. The molecule has 2 fully saturated rings. The molecule has 1 aromatic heterocycles. The minimum absolute atomic E-state index is 0.0139. The van der Waals surface area contributed by atoms with Gasteiger partial charge in [0.05, 0.1) is 36.6 Å². The first kappa shape index (κ1) is 23.9. The van der Waals surface area contributed by atoms with E-state index in [1.165, 1.54) is 24.3 Å². The quantitative estimate of drug-likeness (QED) is 0.455. The molecule has 0 spiro atoms. The zero-order valence-corrected chi connectivity index (χ0v) is 18.6. The lowest BCUT2D eigenvalue weighted by atomic mass is 10.1. The van der Waals surface area contributed by atoms with E-state index >= 15 is 0 Å². The molecule has 0 unspecified atom stereocenters. The van der Waals surface area contributed by atoms with Crippen molar-refractivity contribution in [1.29, 1.82) is 0 Å². The lowest BCUT2D eigenvalue weighted by Crippen LogP contribution is -2.46. The van der Waals surface area contributed by atoms with Gasteiger partial charge in [-0.3, -0.25) is 0 Å². The van der Waals surface area contributed by atoms with Gasteiger partial charge in [0.25, 0.3) is 0 Å². The molecular weight excluding hydrogens is 482 g/mol. The molecule has 4 atom stereocenters. The van der Waals surface area contributed by atoms with Crippen LogP contribution < -0.4 is 16.0 Å². The van der Waals surface area contributed by atoms with Gasteiger partial charge in [-0.05, 0) is 36.4 Å². The lowest BCUT2D eigenvalue weighted by molar-refractivity contribution is -0.137. The highest BCUT2D eigenvalue weighted by molar-refractivity contribution is 5.89. The number of hydrogen-bond acceptors (Lipinski definition) is 6. The highest BCUT2D eigenvalue weighted by atomic mass is 19.4. The molecule has 8 nitrogen and oxygen atoms in total. The Bertz CT molecular complexity index is 1260. The number of halogens is 4. The van der Waals surface area contributed by atoms with Crippen LogP contribution in [0.1, 0.15) is 5.56 Å². The van der Waals surface area contributed by atoms with Crippen LogP contribution in [0.15, 0.2) is 60.8 Å². The zero-order valence-electron chi connectivity index (χ0n) is 18.6. The van der Waals surface area contributed by atoms with Gasteiger partial charge < -0.3 is 25.4 Å². The summed E-state index contributed by atoms with van der Waals surface area (Å²) in [5.74, 6) is -0.0593. The molecule has 2 saturated heterocycles. The molecule has 3 heterocycles. The number of nitrogens with one attached hydrogen (secondary N) is 3. The first-order valence-electron chi connectivity index (χ1n) is 11.1.